The molecular formula is C14H18N4O3. The van der Waals surface area contributed by atoms with Crippen LogP contribution in [0.25, 0.3) is 0 Å². The Bertz CT molecular complexity index is 569. The fourth-order valence-electron chi connectivity index (χ4n) is 3.19. The Kier molecular flexibility index (Phi) is 3.60. The van der Waals surface area contributed by atoms with Crippen molar-refractivity contribution in [1.29, 1.82) is 0 Å². The van der Waals surface area contributed by atoms with Crippen LogP contribution in [0.5, 0.6) is 0 Å². The third-order valence-electron chi connectivity index (χ3n) is 4.33. The largest absolute Gasteiger partial charge is 0.319 e. The number of benzene rings is 1. The number of para-hydroxylation sites is 1. The minimum Gasteiger partial charge on any atom is -0.319 e. The zero-order valence-corrected chi connectivity index (χ0v) is 11.7. The van der Waals surface area contributed by atoms with Gasteiger partial charge in [-0.25, -0.2) is 0 Å². The normalized spacial score (nSPS) is 21.0. The predicted octanol–water partition coefficient (Wildman–Crippen LogP) is 0.606. The first-order valence-corrected chi connectivity index (χ1v) is 7.11. The number of hydrogen-bond donors (Lipinski definition) is 2. The van der Waals surface area contributed by atoms with Crippen LogP contribution >= 0.6 is 0 Å². The lowest BCUT2D eigenvalue weighted by Crippen LogP contribution is -2.57. The maximum atomic E-state index is 12.2. The molecular weight excluding hydrogens is 272 g/mol. The van der Waals surface area contributed by atoms with Crippen molar-refractivity contribution in [3.05, 3.63) is 39.9 Å². The lowest BCUT2D eigenvalue weighted by molar-refractivity contribution is -0.385. The van der Waals surface area contributed by atoms with E-state index in [1.165, 1.54) is 6.07 Å². The molecule has 0 aliphatic carbocycles. The topological polar surface area (TPSA) is 87.5 Å². The highest BCUT2D eigenvalue weighted by atomic mass is 16.6. The van der Waals surface area contributed by atoms with Gasteiger partial charge in [0.1, 0.15) is 0 Å². The van der Waals surface area contributed by atoms with Gasteiger partial charge < -0.3 is 10.2 Å². The number of carbonyl (C=O) groups excluding carboxylic acids is 1. The van der Waals surface area contributed by atoms with Gasteiger partial charge in [0, 0.05) is 11.6 Å². The molecule has 112 valence electrons. The third kappa shape index (κ3) is 2.50. The molecule has 7 heteroatoms. The summed E-state index contributed by atoms with van der Waals surface area (Å²) in [6, 6.07) is 6.62. The zero-order chi connectivity index (χ0) is 14.9. The number of amides is 1. The number of nitrogens with zero attached hydrogens (tertiary/aromatic N) is 2. The molecule has 2 aliphatic heterocycles. The second-order valence-corrected chi connectivity index (χ2v) is 5.50. The van der Waals surface area contributed by atoms with Crippen LogP contribution in [0.4, 0.5) is 5.69 Å². The Morgan fingerprint density at radius 3 is 2.71 bits per heavy atom. The summed E-state index contributed by atoms with van der Waals surface area (Å²) in [7, 11) is 0. The van der Waals surface area contributed by atoms with Crippen molar-refractivity contribution in [2.24, 2.45) is 0 Å². The Balaban J connectivity index is 1.89. The number of carbonyl (C=O) groups is 1. The second kappa shape index (κ2) is 5.42. The van der Waals surface area contributed by atoms with Crippen LogP contribution in [-0.2, 0) is 11.3 Å². The molecule has 1 aromatic rings. The van der Waals surface area contributed by atoms with Gasteiger partial charge in [-0.1, -0.05) is 18.2 Å². The van der Waals surface area contributed by atoms with E-state index >= 15 is 0 Å². The Morgan fingerprint density at radius 2 is 2.00 bits per heavy atom. The quantitative estimate of drug-likeness (QED) is 0.629. The van der Waals surface area contributed by atoms with Crippen LogP contribution in [-0.4, -0.2) is 41.0 Å². The van der Waals surface area contributed by atoms with E-state index < -0.39 is 4.92 Å². The summed E-state index contributed by atoms with van der Waals surface area (Å²) in [6.07, 6.45) is 1.64. The van der Waals surface area contributed by atoms with Gasteiger partial charge in [-0.3, -0.25) is 20.2 Å². The van der Waals surface area contributed by atoms with Crippen molar-refractivity contribution in [3.8, 4) is 0 Å². The smallest absolute Gasteiger partial charge is 0.274 e. The van der Waals surface area contributed by atoms with Gasteiger partial charge in [-0.15, -0.1) is 0 Å². The lowest BCUT2D eigenvalue weighted by Gasteiger charge is -2.41. The number of piperidine rings is 1. The third-order valence-corrected chi connectivity index (χ3v) is 4.33. The van der Waals surface area contributed by atoms with E-state index in [-0.39, 0.29) is 23.8 Å². The van der Waals surface area contributed by atoms with Crippen LogP contribution in [0.1, 0.15) is 18.4 Å². The van der Waals surface area contributed by atoms with E-state index in [0.29, 0.717) is 12.1 Å². The fraction of sp³-hybridized carbons (Fsp3) is 0.500. The maximum absolute atomic E-state index is 12.2. The Hall–Kier alpha value is -1.99. The van der Waals surface area contributed by atoms with Gasteiger partial charge in [0.15, 0.2) is 0 Å². The van der Waals surface area contributed by atoms with Crippen molar-refractivity contribution < 1.29 is 9.72 Å². The minimum atomic E-state index is -0.390. The SMILES string of the molecule is O=C1CNC2(CCNCC2)N1Cc1ccccc1[N+](=O)[O-]. The van der Waals surface area contributed by atoms with Crippen LogP contribution in [0, 0.1) is 10.1 Å². The highest BCUT2D eigenvalue weighted by Crippen LogP contribution is 2.31. The number of nitro benzene ring substituents is 1. The van der Waals surface area contributed by atoms with Crippen molar-refractivity contribution in [1.82, 2.24) is 15.5 Å². The summed E-state index contributed by atoms with van der Waals surface area (Å²) in [5, 5.41) is 17.7. The molecule has 0 aromatic heterocycles. The van der Waals surface area contributed by atoms with Crippen LogP contribution < -0.4 is 10.6 Å². The first-order valence-electron chi connectivity index (χ1n) is 7.11. The molecule has 2 fully saturated rings. The molecule has 2 N–H and O–H groups in total. The molecule has 1 aromatic carbocycles. The molecule has 0 atom stereocenters. The predicted molar refractivity (Wildman–Crippen MR) is 76.5 cm³/mol. The summed E-state index contributed by atoms with van der Waals surface area (Å²) in [5.41, 5.74) is 0.296. The standard InChI is InChI=1S/C14H18N4O3/c19-13-9-16-14(5-7-15-8-6-14)17(13)10-11-3-1-2-4-12(11)18(20)21/h1-4,15-16H,5-10H2. The highest BCUT2D eigenvalue weighted by molar-refractivity contribution is 5.81. The number of rotatable bonds is 3. The average molecular weight is 290 g/mol. The van der Waals surface area contributed by atoms with Crippen LogP contribution in [0.15, 0.2) is 24.3 Å². The molecule has 3 rings (SSSR count). The van der Waals surface area contributed by atoms with Crippen molar-refractivity contribution >= 4 is 11.6 Å². The van der Waals surface area contributed by atoms with Gasteiger partial charge >= 0.3 is 0 Å². The number of hydrogen-bond acceptors (Lipinski definition) is 5. The number of nitrogens with one attached hydrogen (secondary N) is 2. The van der Waals surface area contributed by atoms with E-state index in [1.807, 2.05) is 0 Å². The van der Waals surface area contributed by atoms with Crippen molar-refractivity contribution in [3.63, 3.8) is 0 Å². The molecule has 0 unspecified atom stereocenters. The minimum absolute atomic E-state index is 0.00931. The molecule has 1 spiro atoms. The average Bonchev–Trinajstić information content (AvgIpc) is 2.78. The zero-order valence-electron chi connectivity index (χ0n) is 11.7. The summed E-state index contributed by atoms with van der Waals surface area (Å²) < 4.78 is 0. The molecule has 2 saturated heterocycles. The molecule has 1 amide bonds. The molecule has 0 bridgehead atoms. The molecule has 7 nitrogen and oxygen atoms in total. The van der Waals surface area contributed by atoms with Gasteiger partial charge in [-0.05, 0) is 25.9 Å². The van der Waals surface area contributed by atoms with Crippen molar-refractivity contribution in [2.75, 3.05) is 19.6 Å². The first-order chi connectivity index (χ1) is 10.1. The van der Waals surface area contributed by atoms with E-state index in [2.05, 4.69) is 10.6 Å². The van der Waals surface area contributed by atoms with E-state index in [1.54, 1.807) is 23.1 Å². The van der Waals surface area contributed by atoms with Crippen LogP contribution in [0.2, 0.25) is 0 Å². The fourth-order valence-corrected chi connectivity index (χ4v) is 3.19. The molecule has 0 saturated carbocycles. The van der Waals surface area contributed by atoms with E-state index in [9.17, 15) is 14.9 Å². The number of nitro groups is 1. The van der Waals surface area contributed by atoms with E-state index in [0.717, 1.165) is 25.9 Å². The summed E-state index contributed by atoms with van der Waals surface area (Å²) in [6.45, 7) is 2.27. The van der Waals surface area contributed by atoms with E-state index in [4.69, 9.17) is 0 Å². The second-order valence-electron chi connectivity index (χ2n) is 5.50. The molecule has 0 radical (unpaired) electrons. The van der Waals surface area contributed by atoms with Gasteiger partial charge in [0.25, 0.3) is 5.69 Å². The summed E-state index contributed by atoms with van der Waals surface area (Å²) >= 11 is 0. The lowest BCUT2D eigenvalue weighted by atomic mass is 9.96. The molecule has 2 aliphatic rings. The maximum Gasteiger partial charge on any atom is 0.274 e. The van der Waals surface area contributed by atoms with Gasteiger partial charge in [-0.2, -0.15) is 0 Å². The Morgan fingerprint density at radius 1 is 1.29 bits per heavy atom. The highest BCUT2D eigenvalue weighted by Gasteiger charge is 2.45. The molecule has 2 heterocycles. The summed E-state index contributed by atoms with van der Waals surface area (Å²) in [4.78, 5) is 24.7. The first kappa shape index (κ1) is 14.0. The van der Waals surface area contributed by atoms with Crippen molar-refractivity contribution in [2.45, 2.75) is 25.0 Å². The summed E-state index contributed by atoms with van der Waals surface area (Å²) in [5.74, 6) is 0.00931. The van der Waals surface area contributed by atoms with Crippen LogP contribution in [0.3, 0.4) is 0 Å². The monoisotopic (exact) mass is 290 g/mol. The van der Waals surface area contributed by atoms with Gasteiger partial charge in [0.05, 0.1) is 23.7 Å². The Labute approximate surface area is 122 Å². The van der Waals surface area contributed by atoms with Gasteiger partial charge in [0.2, 0.25) is 5.91 Å². The molecule has 21 heavy (non-hydrogen) atoms.